The van der Waals surface area contributed by atoms with Crippen molar-refractivity contribution in [2.75, 3.05) is 0 Å². The maximum atomic E-state index is 6.62. The van der Waals surface area contributed by atoms with E-state index in [2.05, 4.69) is 413 Å². The average molecular weight is 1930 g/mol. The van der Waals surface area contributed by atoms with Crippen LogP contribution >= 0.6 is 45.3 Å². The maximum Gasteiger partial charge on any atom is 0.298 e. The Hall–Kier alpha value is -15.8. The van der Waals surface area contributed by atoms with Gasteiger partial charge in [-0.3, -0.25) is 0 Å². The molecule has 0 aliphatic carbocycles. The third-order valence-corrected chi connectivity index (χ3v) is 33.8. The van der Waals surface area contributed by atoms with Gasteiger partial charge in [0.15, 0.2) is 72.0 Å². The number of aryl methyl sites for hydroxylation is 18. The Kier molecular flexibility index (Phi) is 20.6. The summed E-state index contributed by atoms with van der Waals surface area (Å²) in [5, 5.41) is 8.94. The van der Waals surface area contributed by atoms with Crippen LogP contribution in [0.4, 0.5) is 0 Å². The predicted octanol–water partition coefficient (Wildman–Crippen LogP) is 30.8. The van der Waals surface area contributed by atoms with Crippen molar-refractivity contribution >= 4 is 215 Å². The molecule has 12 aromatic carbocycles. The Morgan fingerprint density at radius 2 is 0.599 bits per heavy atom. The van der Waals surface area contributed by atoms with Gasteiger partial charge in [-0.25, -0.2) is 38.2 Å². The van der Waals surface area contributed by atoms with Crippen LogP contribution in [0, 0.1) is 96.9 Å². The van der Waals surface area contributed by atoms with Gasteiger partial charge >= 0.3 is 0 Å². The summed E-state index contributed by atoms with van der Waals surface area (Å²) in [4.78, 5) is 21.0. The van der Waals surface area contributed by atoms with Crippen molar-refractivity contribution in [2.45, 2.75) is 96.9 Å². The van der Waals surface area contributed by atoms with Crippen molar-refractivity contribution in [1.82, 2.24) is 38.2 Å². The molecule has 16 nitrogen and oxygen atoms in total. The van der Waals surface area contributed by atoms with Crippen LogP contribution < -0.4 is 18.3 Å². The molecule has 0 amide bonds. The zero-order chi connectivity index (χ0) is 97.1. The highest BCUT2D eigenvalue weighted by atomic mass is 32.1. The van der Waals surface area contributed by atoms with Crippen molar-refractivity contribution in [3.63, 3.8) is 0 Å². The third-order valence-electron chi connectivity index (χ3n) is 28.8. The first kappa shape index (κ1) is 87.6. The quantitative estimate of drug-likeness (QED) is 0.137. The first-order valence-corrected chi connectivity index (χ1v) is 51.3. The number of benzene rings is 12. The van der Waals surface area contributed by atoms with Gasteiger partial charge in [0.25, 0.3) is 23.3 Å². The molecule has 142 heavy (non-hydrogen) atoms. The van der Waals surface area contributed by atoms with Crippen LogP contribution in [0.25, 0.3) is 238 Å². The summed E-state index contributed by atoms with van der Waals surface area (Å²) in [6.07, 6.45) is 0. The molecule has 0 aliphatic heterocycles. The fourth-order valence-electron chi connectivity index (χ4n) is 21.9. The monoisotopic (exact) mass is 1920 g/mol. The molecule has 0 saturated heterocycles. The van der Waals surface area contributed by atoms with E-state index < -0.39 is 0 Å². The molecule has 692 valence electrons. The van der Waals surface area contributed by atoms with E-state index >= 15 is 0 Å². The van der Waals surface area contributed by atoms with Crippen molar-refractivity contribution in [2.24, 2.45) is 28.2 Å². The second-order valence-electron chi connectivity index (χ2n) is 38.1. The largest absolute Gasteiger partial charge is 0.452 e. The van der Waals surface area contributed by atoms with Crippen molar-refractivity contribution in [3.05, 3.63) is 357 Å². The summed E-state index contributed by atoms with van der Waals surface area (Å²) in [5.41, 5.74) is 41.4. The molecule has 0 saturated carbocycles. The zero-order valence-electron chi connectivity index (χ0n) is 82.2. The van der Waals surface area contributed by atoms with Crippen LogP contribution in [0.3, 0.4) is 0 Å². The Balaban J connectivity index is 0.0000000995. The molecule has 0 N–H and O–H groups in total. The molecule has 0 atom stereocenters. The maximum absolute atomic E-state index is 6.62. The van der Waals surface area contributed by atoms with Crippen LogP contribution in [-0.2, 0) is 28.2 Å². The number of nitrogens with zero attached hydrogens (tertiary/aromatic N) is 12. The Morgan fingerprint density at radius 1 is 0.239 bits per heavy atom. The van der Waals surface area contributed by atoms with E-state index in [4.69, 9.17) is 27.6 Å². The molecule has 16 aromatic heterocycles. The second kappa shape index (κ2) is 33.5. The lowest BCUT2D eigenvalue weighted by Crippen LogP contribution is -2.30. The van der Waals surface area contributed by atoms with Gasteiger partial charge in [-0.1, -0.05) is 140 Å². The van der Waals surface area contributed by atoms with Gasteiger partial charge in [-0.2, -0.15) is 18.3 Å². The minimum absolute atomic E-state index is 0.613. The highest BCUT2D eigenvalue weighted by Crippen LogP contribution is 2.52. The molecule has 16 heterocycles. The van der Waals surface area contributed by atoms with Crippen LogP contribution in [0.15, 0.2) is 297 Å². The van der Waals surface area contributed by atoms with Gasteiger partial charge in [-0.05, 0) is 292 Å². The lowest BCUT2D eigenvalue weighted by molar-refractivity contribution is -0.634. The van der Waals surface area contributed by atoms with Crippen LogP contribution in [0.2, 0.25) is 0 Å². The summed E-state index contributed by atoms with van der Waals surface area (Å²) < 4.78 is 52.4. The number of hydrogen-bond acceptors (Lipinski definition) is 12. The van der Waals surface area contributed by atoms with Crippen LogP contribution in [0.5, 0.6) is 0 Å². The number of rotatable bonds is 8. The van der Waals surface area contributed by atoms with Gasteiger partial charge in [0.1, 0.15) is 43.6 Å². The number of para-hydroxylation sites is 12. The van der Waals surface area contributed by atoms with Crippen molar-refractivity contribution in [3.8, 4) is 68.3 Å². The first-order valence-electron chi connectivity index (χ1n) is 48.0. The van der Waals surface area contributed by atoms with E-state index in [0.29, 0.717) is 11.4 Å². The molecule has 28 rings (SSSR count). The zero-order valence-corrected chi connectivity index (χ0v) is 85.5. The molecule has 28 aromatic rings. The van der Waals surface area contributed by atoms with E-state index in [9.17, 15) is 0 Å². The second-order valence-corrected chi connectivity index (χ2v) is 42.2. The molecule has 0 fully saturated rings. The van der Waals surface area contributed by atoms with Crippen LogP contribution in [-0.4, -0.2) is 38.2 Å². The number of fused-ring (bicyclic) bond motifs is 24. The molecule has 0 spiro atoms. The first-order chi connectivity index (χ1) is 68.9. The number of hydrogen-bond donors (Lipinski definition) is 0. The topological polar surface area (TPSA) is 139 Å². The summed E-state index contributed by atoms with van der Waals surface area (Å²) >= 11 is 7.45. The fourth-order valence-corrected chi connectivity index (χ4v) is 27.4. The highest BCUT2D eigenvalue weighted by molar-refractivity contribution is 7.37. The van der Waals surface area contributed by atoms with E-state index in [1.54, 1.807) is 0 Å². The summed E-state index contributed by atoms with van der Waals surface area (Å²) in [7, 11) is 8.66. The molecular formula is C122H100N12O4S4+4. The van der Waals surface area contributed by atoms with Crippen molar-refractivity contribution < 1.29 is 35.9 Å². The summed E-state index contributed by atoms with van der Waals surface area (Å²) in [5.74, 6) is 4.61. The van der Waals surface area contributed by atoms with E-state index in [-0.39, 0.29) is 0 Å². The van der Waals surface area contributed by atoms with Crippen LogP contribution in [0.1, 0.15) is 78.4 Å². The lowest BCUT2D eigenvalue weighted by Gasteiger charge is -2.11. The normalized spacial score (nSPS) is 12.0. The molecule has 20 heteroatoms. The Labute approximate surface area is 834 Å². The lowest BCUT2D eigenvalue weighted by atomic mass is 10.0. The Bertz CT molecular complexity index is 9610. The fraction of sp³-hybridized carbons (Fsp3) is 0.148. The number of pyridine rings is 4. The smallest absolute Gasteiger partial charge is 0.298 e. The molecular weight excluding hydrogens is 1830 g/mol. The van der Waals surface area contributed by atoms with E-state index in [0.717, 1.165) is 138 Å². The molecule has 0 bridgehead atoms. The molecule has 0 unspecified atom stereocenters. The standard InChI is InChI=1S/C31H26N3O2.C31H26N3S2.C30H24N3O2.C30H24N3S2/c2*1-17-9-8-10-18(2)27(17)34-25-12-7-6-11-24(25)33(5)31(34)22-16-26-23(15-19(22)3)29-28(35-26)21-14-13-20(4)32-30(21)36-29;2*1-17-9-5-6-10-22(17)33-24-12-8-7-11-23(24)32(4)30(33)25-18(2)13-15-20-26(25)34-28-21-16-14-19(3)31-29(21)35-27(20)28/h2*6-16H,1-5H3;2*5-16H,1-4H3/q4*+1. The molecule has 0 aliphatic rings. The van der Waals surface area contributed by atoms with Gasteiger partial charge in [0.05, 0.1) is 89.9 Å². The van der Waals surface area contributed by atoms with E-state index in [1.807, 2.05) is 83.5 Å². The van der Waals surface area contributed by atoms with E-state index in [1.165, 1.54) is 167 Å². The summed E-state index contributed by atoms with van der Waals surface area (Å²) in [6, 6.07) is 99.5. The number of furan rings is 4. The SMILES string of the molecule is Cc1ccc2c(n1)oc1c3cc(C)c(-c4n(-c5c(C)cccc5C)c5ccccc5[n+]4C)cc3oc21.Cc1ccc2c(n1)oc1c3ccc(C)c(-c4n(-c5ccccc5C)c5ccccc5[n+]4C)c3oc21.Cc1ccc2c(n1)sc1c3cc(C)c(-c4n(-c5c(C)cccc5C)c5ccccc5[n+]4C)cc3sc21.Cc1ccc2c(n1)sc1c3ccc(C)c(-c4n(-c5ccccc5C)c5ccccc5[n+]4C)c3sc21. The van der Waals surface area contributed by atoms with Gasteiger partial charge in [0.2, 0.25) is 11.4 Å². The Morgan fingerprint density at radius 3 is 1.09 bits per heavy atom. The number of thiophene rings is 4. The predicted molar refractivity (Wildman–Crippen MR) is 588 cm³/mol. The summed E-state index contributed by atoms with van der Waals surface area (Å²) in [6.45, 7) is 30.0. The molecule has 0 radical (unpaired) electrons. The van der Waals surface area contributed by atoms with Gasteiger partial charge in [-0.15, -0.1) is 45.3 Å². The van der Waals surface area contributed by atoms with Gasteiger partial charge in [0, 0.05) is 49.0 Å². The highest BCUT2D eigenvalue weighted by Gasteiger charge is 2.38. The average Bonchev–Trinajstić information content (AvgIpc) is 1.57. The minimum atomic E-state index is 0.613. The number of aromatic nitrogens is 12. The van der Waals surface area contributed by atoms with Gasteiger partial charge < -0.3 is 17.7 Å². The van der Waals surface area contributed by atoms with Crippen molar-refractivity contribution in [1.29, 1.82) is 0 Å². The minimum Gasteiger partial charge on any atom is -0.452 e. The third kappa shape index (κ3) is 13.6. The number of imidazole rings is 4.